The normalized spacial score (nSPS) is 10.3. The van der Waals surface area contributed by atoms with E-state index in [0.717, 1.165) is 8.66 Å². The highest BCUT2D eigenvalue weighted by atomic mass is 79.9. The Balaban J connectivity index is 1.73. The Hall–Kier alpha value is -1.94. The molecule has 0 unspecified atom stereocenters. The van der Waals surface area contributed by atoms with Crippen molar-refractivity contribution in [3.05, 3.63) is 32.7 Å². The zero-order valence-electron chi connectivity index (χ0n) is 10.7. The lowest BCUT2D eigenvalue weighted by Crippen LogP contribution is -2.34. The predicted molar refractivity (Wildman–Crippen MR) is 78.8 cm³/mol. The summed E-state index contributed by atoms with van der Waals surface area (Å²) in [5.41, 5.74) is 0.491. The van der Waals surface area contributed by atoms with Crippen molar-refractivity contribution in [2.75, 3.05) is 0 Å². The number of hydrogen-bond acceptors (Lipinski definition) is 5. The highest BCUT2D eigenvalue weighted by Gasteiger charge is 2.06. The lowest BCUT2D eigenvalue weighted by atomic mass is 10.4. The molecular weight excluding hydrogens is 362 g/mol. The number of carboxylic acid groups (broad SMARTS) is 1. The summed E-state index contributed by atoms with van der Waals surface area (Å²) in [4.78, 5) is 23.1. The van der Waals surface area contributed by atoms with Crippen LogP contribution in [0.2, 0.25) is 0 Å². The monoisotopic (exact) mass is 373 g/mol. The van der Waals surface area contributed by atoms with E-state index in [2.05, 4.69) is 36.9 Å². The van der Waals surface area contributed by atoms with Gasteiger partial charge in [0.15, 0.2) is 0 Å². The maximum absolute atomic E-state index is 11.6. The van der Waals surface area contributed by atoms with Crippen LogP contribution in [0.4, 0.5) is 4.79 Å². The number of carbonyl (C=O) groups excluding carboxylic acids is 1. The Kier molecular flexibility index (Phi) is 5.28. The van der Waals surface area contributed by atoms with Crippen LogP contribution in [0.25, 0.3) is 0 Å². The lowest BCUT2D eigenvalue weighted by Gasteiger charge is -2.04. The number of nitrogens with zero attached hydrogens (tertiary/aromatic N) is 3. The molecule has 2 amide bonds. The van der Waals surface area contributed by atoms with Crippen molar-refractivity contribution in [2.45, 2.75) is 19.6 Å². The maximum Gasteiger partial charge on any atom is 0.325 e. The fraction of sp³-hybridized carbons (Fsp3) is 0.273. The molecule has 0 fully saturated rings. The molecule has 0 spiro atoms. The first-order valence-electron chi connectivity index (χ1n) is 5.89. The molecule has 0 saturated carbocycles. The summed E-state index contributed by atoms with van der Waals surface area (Å²) in [5, 5.41) is 21.3. The summed E-state index contributed by atoms with van der Waals surface area (Å²) >= 11 is 4.90. The Morgan fingerprint density at radius 1 is 1.33 bits per heavy atom. The second-order valence-corrected chi connectivity index (χ2v) is 6.59. The topological polar surface area (TPSA) is 109 Å². The Morgan fingerprint density at radius 2 is 2.10 bits per heavy atom. The van der Waals surface area contributed by atoms with Gasteiger partial charge >= 0.3 is 12.0 Å². The van der Waals surface area contributed by atoms with E-state index in [1.165, 1.54) is 10.9 Å². The zero-order chi connectivity index (χ0) is 15.2. The molecule has 8 nitrogen and oxygen atoms in total. The number of rotatable bonds is 6. The van der Waals surface area contributed by atoms with Gasteiger partial charge in [-0.15, -0.1) is 16.4 Å². The van der Waals surface area contributed by atoms with E-state index in [0.29, 0.717) is 12.2 Å². The van der Waals surface area contributed by atoms with Gasteiger partial charge in [-0.1, -0.05) is 5.21 Å². The SMILES string of the molecule is O=C(O)Cn1cc(CNC(=O)NCc2ccc(Br)s2)nn1. The predicted octanol–water partition coefficient (Wildman–Crippen LogP) is 1.19. The van der Waals surface area contributed by atoms with E-state index in [4.69, 9.17) is 5.11 Å². The zero-order valence-corrected chi connectivity index (χ0v) is 13.1. The van der Waals surface area contributed by atoms with Crippen LogP contribution in [0.15, 0.2) is 22.1 Å². The minimum atomic E-state index is -1.00. The van der Waals surface area contributed by atoms with Gasteiger partial charge in [0.05, 0.1) is 23.1 Å². The standard InChI is InChI=1S/C11H12BrN5O3S/c12-9-2-1-8(21-9)4-14-11(20)13-3-7-5-17(16-15-7)6-10(18)19/h1-2,5H,3-4,6H2,(H,18,19)(H2,13,14,20). The van der Waals surface area contributed by atoms with Gasteiger partial charge in [0.2, 0.25) is 0 Å². The summed E-state index contributed by atoms with van der Waals surface area (Å²) in [6.45, 7) is 0.361. The van der Waals surface area contributed by atoms with Crippen LogP contribution in [0.3, 0.4) is 0 Å². The van der Waals surface area contributed by atoms with Crippen molar-refractivity contribution in [3.8, 4) is 0 Å². The van der Waals surface area contributed by atoms with Crippen LogP contribution in [0.5, 0.6) is 0 Å². The van der Waals surface area contributed by atoms with Crippen molar-refractivity contribution < 1.29 is 14.7 Å². The molecule has 10 heteroatoms. The molecule has 2 heterocycles. The first-order valence-corrected chi connectivity index (χ1v) is 7.50. The lowest BCUT2D eigenvalue weighted by molar-refractivity contribution is -0.137. The molecule has 2 aromatic heterocycles. The van der Waals surface area contributed by atoms with E-state index in [1.54, 1.807) is 11.3 Å². The number of urea groups is 1. The number of halogens is 1. The number of hydrogen-bond donors (Lipinski definition) is 3. The van der Waals surface area contributed by atoms with Crippen molar-refractivity contribution in [1.29, 1.82) is 0 Å². The van der Waals surface area contributed by atoms with E-state index >= 15 is 0 Å². The third-order valence-electron chi connectivity index (χ3n) is 2.37. The minimum Gasteiger partial charge on any atom is -0.480 e. The van der Waals surface area contributed by atoms with Crippen molar-refractivity contribution >= 4 is 39.3 Å². The number of aliphatic carboxylic acids is 1. The van der Waals surface area contributed by atoms with Crippen molar-refractivity contribution in [3.63, 3.8) is 0 Å². The number of carboxylic acids is 1. The van der Waals surface area contributed by atoms with Gasteiger partial charge in [0.1, 0.15) is 12.2 Å². The molecule has 3 N–H and O–H groups in total. The molecular formula is C11H12BrN5O3S. The molecule has 0 aliphatic heterocycles. The third-order valence-corrected chi connectivity index (χ3v) is 3.99. The smallest absolute Gasteiger partial charge is 0.325 e. The van der Waals surface area contributed by atoms with Gasteiger partial charge in [-0.3, -0.25) is 4.79 Å². The van der Waals surface area contributed by atoms with Gasteiger partial charge in [-0.05, 0) is 28.1 Å². The molecule has 0 bridgehead atoms. The van der Waals surface area contributed by atoms with E-state index in [1.807, 2.05) is 12.1 Å². The number of carbonyl (C=O) groups is 2. The molecule has 21 heavy (non-hydrogen) atoms. The highest BCUT2D eigenvalue weighted by Crippen LogP contribution is 2.21. The minimum absolute atomic E-state index is 0.180. The molecule has 0 radical (unpaired) electrons. The van der Waals surface area contributed by atoms with Crippen LogP contribution < -0.4 is 10.6 Å². The molecule has 0 aliphatic carbocycles. The summed E-state index contributed by atoms with van der Waals surface area (Å²) in [5.74, 6) is -1.00. The molecule has 0 aliphatic rings. The van der Waals surface area contributed by atoms with Crippen LogP contribution in [0.1, 0.15) is 10.6 Å². The maximum atomic E-state index is 11.6. The van der Waals surface area contributed by atoms with E-state index in [9.17, 15) is 9.59 Å². The Bertz CT molecular complexity index is 641. The van der Waals surface area contributed by atoms with Crippen molar-refractivity contribution in [1.82, 2.24) is 25.6 Å². The highest BCUT2D eigenvalue weighted by molar-refractivity contribution is 9.11. The Labute approximate surface area is 132 Å². The van der Waals surface area contributed by atoms with Crippen LogP contribution >= 0.6 is 27.3 Å². The van der Waals surface area contributed by atoms with Gasteiger partial charge in [-0.25, -0.2) is 9.48 Å². The fourth-order valence-corrected chi connectivity index (χ4v) is 2.91. The molecule has 112 valence electrons. The van der Waals surface area contributed by atoms with Gasteiger partial charge in [0.25, 0.3) is 0 Å². The fourth-order valence-electron chi connectivity index (χ4n) is 1.48. The molecule has 2 aromatic rings. The number of thiophene rings is 1. The summed E-state index contributed by atoms with van der Waals surface area (Å²) in [7, 11) is 0. The first-order chi connectivity index (χ1) is 10.0. The second-order valence-electron chi connectivity index (χ2n) is 4.04. The van der Waals surface area contributed by atoms with Crippen LogP contribution in [-0.4, -0.2) is 32.1 Å². The van der Waals surface area contributed by atoms with E-state index < -0.39 is 5.97 Å². The summed E-state index contributed by atoms with van der Waals surface area (Å²) in [6.07, 6.45) is 1.48. The molecule has 2 rings (SSSR count). The number of nitrogens with one attached hydrogen (secondary N) is 2. The largest absolute Gasteiger partial charge is 0.480 e. The van der Waals surface area contributed by atoms with Crippen LogP contribution in [-0.2, 0) is 24.4 Å². The van der Waals surface area contributed by atoms with Crippen LogP contribution in [0, 0.1) is 0 Å². The average Bonchev–Trinajstić information content (AvgIpc) is 3.02. The molecule has 0 saturated heterocycles. The molecule has 0 atom stereocenters. The van der Waals surface area contributed by atoms with E-state index in [-0.39, 0.29) is 19.1 Å². The third kappa shape index (κ3) is 5.16. The van der Waals surface area contributed by atoms with Gasteiger partial charge < -0.3 is 15.7 Å². The quantitative estimate of drug-likeness (QED) is 0.704. The second kappa shape index (κ2) is 7.18. The summed E-state index contributed by atoms with van der Waals surface area (Å²) < 4.78 is 2.20. The number of amides is 2. The van der Waals surface area contributed by atoms with Crippen molar-refractivity contribution in [2.24, 2.45) is 0 Å². The first kappa shape index (κ1) is 15.4. The van der Waals surface area contributed by atoms with Gasteiger partial charge in [0, 0.05) is 4.88 Å². The number of aromatic nitrogens is 3. The Morgan fingerprint density at radius 3 is 2.76 bits per heavy atom. The molecule has 0 aromatic carbocycles. The average molecular weight is 374 g/mol. The summed E-state index contributed by atoms with van der Waals surface area (Å²) in [6, 6.07) is 3.51. The van der Waals surface area contributed by atoms with Gasteiger partial charge in [-0.2, -0.15) is 0 Å².